The number of nitrogens with two attached hydrogens (primary N) is 1. The number of hydrogen-bond acceptors (Lipinski definition) is 2. The highest BCUT2D eigenvalue weighted by Crippen LogP contribution is 2.35. The molecular formula is C17H28N2. The highest BCUT2D eigenvalue weighted by Gasteiger charge is 2.27. The minimum Gasteiger partial charge on any atom is -0.399 e. The van der Waals surface area contributed by atoms with Gasteiger partial charge in [-0.1, -0.05) is 20.8 Å². The van der Waals surface area contributed by atoms with E-state index in [1.54, 1.807) is 0 Å². The van der Waals surface area contributed by atoms with Gasteiger partial charge in [-0.05, 0) is 61.3 Å². The van der Waals surface area contributed by atoms with Gasteiger partial charge >= 0.3 is 0 Å². The summed E-state index contributed by atoms with van der Waals surface area (Å²) in [6, 6.07) is 6.41. The Labute approximate surface area is 118 Å². The molecule has 106 valence electrons. The molecule has 1 aromatic carbocycles. The number of hydrogen-bond donors (Lipinski definition) is 1. The van der Waals surface area contributed by atoms with Gasteiger partial charge in [-0.3, -0.25) is 0 Å². The summed E-state index contributed by atoms with van der Waals surface area (Å²) in [7, 11) is 0. The molecule has 2 heteroatoms. The zero-order valence-electron chi connectivity index (χ0n) is 12.9. The number of rotatable bonds is 1. The van der Waals surface area contributed by atoms with E-state index >= 15 is 0 Å². The van der Waals surface area contributed by atoms with Gasteiger partial charge in [-0.25, -0.2) is 0 Å². The molecule has 1 unspecified atom stereocenters. The smallest absolute Gasteiger partial charge is 0.0389 e. The van der Waals surface area contributed by atoms with Gasteiger partial charge < -0.3 is 10.6 Å². The summed E-state index contributed by atoms with van der Waals surface area (Å²) in [5.74, 6) is 0.833. The molecule has 0 spiro atoms. The molecular weight excluding hydrogens is 232 g/mol. The number of nitrogens with zero attached hydrogens (tertiary/aromatic N) is 1. The van der Waals surface area contributed by atoms with Gasteiger partial charge in [0.15, 0.2) is 0 Å². The molecule has 1 aromatic rings. The van der Waals surface area contributed by atoms with E-state index in [0.717, 1.165) is 24.7 Å². The summed E-state index contributed by atoms with van der Waals surface area (Å²) in [5.41, 5.74) is 9.84. The van der Waals surface area contributed by atoms with Crippen LogP contribution in [0.3, 0.4) is 0 Å². The first kappa shape index (κ1) is 14.2. The van der Waals surface area contributed by atoms with Crippen LogP contribution in [0.2, 0.25) is 0 Å². The average molecular weight is 260 g/mol. The third-order valence-electron chi connectivity index (χ3n) is 4.40. The predicted molar refractivity (Wildman–Crippen MR) is 84.6 cm³/mol. The first-order valence-corrected chi connectivity index (χ1v) is 7.48. The van der Waals surface area contributed by atoms with E-state index in [1.807, 2.05) is 6.07 Å². The molecule has 1 aliphatic rings. The van der Waals surface area contributed by atoms with E-state index < -0.39 is 0 Å². The lowest BCUT2D eigenvalue weighted by atomic mass is 9.77. The summed E-state index contributed by atoms with van der Waals surface area (Å²) in [5, 5.41) is 0. The van der Waals surface area contributed by atoms with Crippen molar-refractivity contribution in [2.45, 2.75) is 47.0 Å². The van der Waals surface area contributed by atoms with E-state index in [1.165, 1.54) is 30.5 Å². The minimum absolute atomic E-state index is 0.432. The summed E-state index contributed by atoms with van der Waals surface area (Å²) < 4.78 is 0. The molecule has 0 bridgehead atoms. The van der Waals surface area contributed by atoms with E-state index in [4.69, 9.17) is 5.73 Å². The Hall–Kier alpha value is -1.18. The minimum atomic E-state index is 0.432. The number of benzene rings is 1. The van der Waals surface area contributed by atoms with Crippen LogP contribution in [0.15, 0.2) is 18.2 Å². The first-order valence-electron chi connectivity index (χ1n) is 7.48. The van der Waals surface area contributed by atoms with E-state index in [-0.39, 0.29) is 0 Å². The molecule has 2 nitrogen and oxygen atoms in total. The second kappa shape index (κ2) is 5.44. The van der Waals surface area contributed by atoms with Crippen molar-refractivity contribution in [1.82, 2.24) is 0 Å². The average Bonchev–Trinajstić information content (AvgIpc) is 2.52. The van der Waals surface area contributed by atoms with Crippen molar-refractivity contribution < 1.29 is 0 Å². The van der Waals surface area contributed by atoms with Crippen molar-refractivity contribution in [2.24, 2.45) is 11.3 Å². The van der Waals surface area contributed by atoms with E-state index in [2.05, 4.69) is 44.7 Å². The zero-order valence-corrected chi connectivity index (χ0v) is 12.9. The van der Waals surface area contributed by atoms with Crippen molar-refractivity contribution in [1.29, 1.82) is 0 Å². The van der Waals surface area contributed by atoms with Crippen LogP contribution in [0.4, 0.5) is 11.4 Å². The summed E-state index contributed by atoms with van der Waals surface area (Å²) >= 11 is 0. The van der Waals surface area contributed by atoms with Crippen molar-refractivity contribution >= 4 is 11.4 Å². The van der Waals surface area contributed by atoms with Crippen LogP contribution in [-0.2, 0) is 0 Å². The largest absolute Gasteiger partial charge is 0.399 e. The molecule has 2 N–H and O–H groups in total. The molecule has 1 atom stereocenters. The predicted octanol–water partition coefficient (Wildman–Crippen LogP) is 4.23. The maximum Gasteiger partial charge on any atom is 0.0389 e. The number of aryl methyl sites for hydroxylation is 1. The fourth-order valence-corrected chi connectivity index (χ4v) is 3.20. The monoisotopic (exact) mass is 260 g/mol. The number of anilines is 2. The maximum atomic E-state index is 5.98. The third-order valence-corrected chi connectivity index (χ3v) is 4.40. The SMILES string of the molecule is Cc1cc(N)cc(N2CCCC(C(C)(C)C)CC2)c1. The topological polar surface area (TPSA) is 29.3 Å². The third kappa shape index (κ3) is 3.65. The Bertz CT molecular complexity index is 411. The quantitative estimate of drug-likeness (QED) is 0.766. The Morgan fingerprint density at radius 1 is 1.11 bits per heavy atom. The molecule has 0 saturated carbocycles. The van der Waals surface area contributed by atoms with E-state index in [9.17, 15) is 0 Å². The summed E-state index contributed by atoms with van der Waals surface area (Å²) in [6.07, 6.45) is 3.93. The van der Waals surface area contributed by atoms with Gasteiger partial charge in [0.25, 0.3) is 0 Å². The standard InChI is InChI=1S/C17H28N2/c1-13-10-15(18)12-16(11-13)19-8-5-6-14(7-9-19)17(2,3)4/h10-12,14H,5-9,18H2,1-4H3. The fourth-order valence-electron chi connectivity index (χ4n) is 3.20. The van der Waals surface area contributed by atoms with Gasteiger partial charge in [0, 0.05) is 24.5 Å². The van der Waals surface area contributed by atoms with Crippen LogP contribution in [0, 0.1) is 18.3 Å². The van der Waals surface area contributed by atoms with Crippen molar-refractivity contribution in [3.63, 3.8) is 0 Å². The molecule has 0 aliphatic carbocycles. The Morgan fingerprint density at radius 2 is 1.84 bits per heavy atom. The highest BCUT2D eigenvalue weighted by atomic mass is 15.1. The summed E-state index contributed by atoms with van der Waals surface area (Å²) in [4.78, 5) is 2.51. The molecule has 19 heavy (non-hydrogen) atoms. The maximum absolute atomic E-state index is 5.98. The zero-order chi connectivity index (χ0) is 14.0. The van der Waals surface area contributed by atoms with Crippen molar-refractivity contribution in [2.75, 3.05) is 23.7 Å². The highest BCUT2D eigenvalue weighted by molar-refractivity contribution is 5.58. The van der Waals surface area contributed by atoms with Crippen LogP contribution < -0.4 is 10.6 Å². The fraction of sp³-hybridized carbons (Fsp3) is 0.647. The Balaban J connectivity index is 2.11. The second-order valence-corrected chi connectivity index (χ2v) is 7.08. The molecule has 0 amide bonds. The molecule has 1 heterocycles. The first-order chi connectivity index (χ1) is 8.86. The molecule has 0 aromatic heterocycles. The van der Waals surface area contributed by atoms with Gasteiger partial charge in [0.1, 0.15) is 0 Å². The van der Waals surface area contributed by atoms with Crippen molar-refractivity contribution in [3.05, 3.63) is 23.8 Å². The van der Waals surface area contributed by atoms with E-state index in [0.29, 0.717) is 5.41 Å². The van der Waals surface area contributed by atoms with Gasteiger partial charge in [0.05, 0.1) is 0 Å². The normalized spacial score (nSPS) is 21.3. The lowest BCUT2D eigenvalue weighted by Gasteiger charge is -2.30. The lowest BCUT2D eigenvalue weighted by molar-refractivity contribution is 0.220. The molecule has 1 fully saturated rings. The van der Waals surface area contributed by atoms with Crippen LogP contribution in [-0.4, -0.2) is 13.1 Å². The Morgan fingerprint density at radius 3 is 2.47 bits per heavy atom. The molecule has 1 aliphatic heterocycles. The lowest BCUT2D eigenvalue weighted by Crippen LogP contribution is -2.26. The second-order valence-electron chi connectivity index (χ2n) is 7.08. The molecule has 0 radical (unpaired) electrons. The van der Waals surface area contributed by atoms with Crippen LogP contribution in [0.5, 0.6) is 0 Å². The van der Waals surface area contributed by atoms with Crippen LogP contribution in [0.25, 0.3) is 0 Å². The van der Waals surface area contributed by atoms with Crippen molar-refractivity contribution in [3.8, 4) is 0 Å². The van der Waals surface area contributed by atoms with Gasteiger partial charge in [-0.2, -0.15) is 0 Å². The van der Waals surface area contributed by atoms with Gasteiger partial charge in [-0.15, -0.1) is 0 Å². The number of nitrogen functional groups attached to an aromatic ring is 1. The van der Waals surface area contributed by atoms with Crippen LogP contribution in [0.1, 0.15) is 45.6 Å². The molecule has 1 saturated heterocycles. The summed E-state index contributed by atoms with van der Waals surface area (Å²) in [6.45, 7) is 11.6. The van der Waals surface area contributed by atoms with Gasteiger partial charge in [0.2, 0.25) is 0 Å². The Kier molecular flexibility index (Phi) is 4.07. The van der Waals surface area contributed by atoms with Crippen LogP contribution >= 0.6 is 0 Å². The molecule has 2 rings (SSSR count).